The molecule has 0 radical (unpaired) electrons. The largest absolute Gasteiger partial charge is 0.494 e. The first-order valence-corrected chi connectivity index (χ1v) is 11.6. The highest BCUT2D eigenvalue weighted by Crippen LogP contribution is 2.41. The predicted octanol–water partition coefficient (Wildman–Crippen LogP) is 7.05. The van der Waals surface area contributed by atoms with Crippen molar-refractivity contribution in [3.05, 3.63) is 59.4 Å². The molecule has 1 amide bonds. The zero-order valence-electron chi connectivity index (χ0n) is 18.9. The summed E-state index contributed by atoms with van der Waals surface area (Å²) in [6.45, 7) is 10.6. The molecule has 2 aromatic carbocycles. The molecule has 0 aromatic heterocycles. The van der Waals surface area contributed by atoms with E-state index in [2.05, 4.69) is 4.85 Å². The second kappa shape index (κ2) is 10.2. The van der Waals surface area contributed by atoms with Gasteiger partial charge in [-0.2, -0.15) is 26.3 Å². The van der Waals surface area contributed by atoms with E-state index in [9.17, 15) is 31.1 Å². The van der Waals surface area contributed by atoms with Crippen LogP contribution in [0.4, 0.5) is 37.7 Å². The number of thioether (sulfide) groups is 1. The molecule has 0 atom stereocenters. The summed E-state index contributed by atoms with van der Waals surface area (Å²) in [4.78, 5) is 18.6. The van der Waals surface area contributed by atoms with Gasteiger partial charge in [-0.05, 0) is 80.6 Å². The van der Waals surface area contributed by atoms with Gasteiger partial charge in [-0.1, -0.05) is 6.07 Å². The van der Waals surface area contributed by atoms with Crippen LogP contribution in [0.5, 0.6) is 5.75 Å². The standard InChI is InChI=1S/C23H19F6N3O2S2/c1-21(2)19(33)32(14-5-10-18(30-3)17(13-14)22(24,25)26)20(35)31(21)11-4-12-34-15-6-8-16(9-7-15)36-23(27,28)29/h5-10,13H,4,11-12H2,1-2H3. The number of anilines is 1. The summed E-state index contributed by atoms with van der Waals surface area (Å²) in [6.07, 6.45) is -4.41. The molecule has 3 rings (SSSR count). The van der Waals surface area contributed by atoms with Crippen LogP contribution in [0.3, 0.4) is 0 Å². The molecule has 1 aliphatic rings. The summed E-state index contributed by atoms with van der Waals surface area (Å²) < 4.78 is 83.1. The topological polar surface area (TPSA) is 37.1 Å². The van der Waals surface area contributed by atoms with E-state index in [-0.39, 0.29) is 40.6 Å². The molecule has 0 spiro atoms. The molecule has 1 aliphatic heterocycles. The van der Waals surface area contributed by atoms with Crippen molar-refractivity contribution in [1.29, 1.82) is 0 Å². The summed E-state index contributed by atoms with van der Waals surface area (Å²) in [5, 5.41) is 0.0159. The number of ether oxygens (including phenoxy) is 1. The minimum Gasteiger partial charge on any atom is -0.494 e. The Bertz CT molecular complexity index is 1190. The van der Waals surface area contributed by atoms with Crippen molar-refractivity contribution in [1.82, 2.24) is 4.90 Å². The molecular weight excluding hydrogens is 528 g/mol. The molecule has 0 bridgehead atoms. The van der Waals surface area contributed by atoms with Gasteiger partial charge in [0, 0.05) is 17.1 Å². The van der Waals surface area contributed by atoms with Gasteiger partial charge in [0.1, 0.15) is 11.3 Å². The van der Waals surface area contributed by atoms with E-state index in [1.807, 2.05) is 0 Å². The van der Waals surface area contributed by atoms with Crippen molar-refractivity contribution < 1.29 is 35.9 Å². The van der Waals surface area contributed by atoms with Gasteiger partial charge in [-0.25, -0.2) is 4.85 Å². The van der Waals surface area contributed by atoms with Gasteiger partial charge in [0.25, 0.3) is 5.91 Å². The molecule has 0 N–H and O–H groups in total. The zero-order chi connectivity index (χ0) is 26.9. The molecule has 0 aliphatic carbocycles. The van der Waals surface area contributed by atoms with E-state index in [4.69, 9.17) is 23.5 Å². The highest BCUT2D eigenvalue weighted by atomic mass is 32.2. The van der Waals surface area contributed by atoms with E-state index in [0.717, 1.165) is 17.0 Å². The molecule has 13 heteroatoms. The minimum atomic E-state index is -4.78. The number of hydrogen-bond donors (Lipinski definition) is 0. The first-order chi connectivity index (χ1) is 16.6. The van der Waals surface area contributed by atoms with Crippen LogP contribution >= 0.6 is 24.0 Å². The summed E-state index contributed by atoms with van der Waals surface area (Å²) in [5.74, 6) is -0.156. The third-order valence-electron chi connectivity index (χ3n) is 5.34. The first-order valence-electron chi connectivity index (χ1n) is 10.4. The SMILES string of the molecule is [C-]#[N+]c1ccc(N2C(=O)C(C)(C)N(CCCOc3ccc(SC(F)(F)F)cc3)C2=S)cc1C(F)(F)F. The lowest BCUT2D eigenvalue weighted by molar-refractivity contribution is -0.136. The Kier molecular flexibility index (Phi) is 7.80. The lowest BCUT2D eigenvalue weighted by Gasteiger charge is -2.29. The fraction of sp³-hybridized carbons (Fsp3) is 0.348. The van der Waals surface area contributed by atoms with Gasteiger partial charge in [0.2, 0.25) is 0 Å². The zero-order valence-corrected chi connectivity index (χ0v) is 20.5. The van der Waals surface area contributed by atoms with Crippen LogP contribution in [0.1, 0.15) is 25.8 Å². The molecule has 5 nitrogen and oxygen atoms in total. The lowest BCUT2D eigenvalue weighted by atomic mass is 10.0. The maximum atomic E-state index is 13.4. The number of hydrogen-bond acceptors (Lipinski definition) is 4. The molecule has 0 unspecified atom stereocenters. The number of nitrogens with zero attached hydrogens (tertiary/aromatic N) is 3. The number of carbonyl (C=O) groups is 1. The van der Waals surface area contributed by atoms with Crippen molar-refractivity contribution in [3.8, 4) is 5.75 Å². The van der Waals surface area contributed by atoms with Crippen molar-refractivity contribution in [2.24, 2.45) is 0 Å². The molecule has 1 heterocycles. The number of thiocarbonyl (C=S) groups is 1. The van der Waals surface area contributed by atoms with Gasteiger partial charge in [-0.15, -0.1) is 0 Å². The third kappa shape index (κ3) is 6.04. The van der Waals surface area contributed by atoms with E-state index < -0.39 is 34.4 Å². The van der Waals surface area contributed by atoms with Crippen molar-refractivity contribution in [2.45, 2.75) is 42.4 Å². The Morgan fingerprint density at radius 3 is 2.28 bits per heavy atom. The van der Waals surface area contributed by atoms with Crippen LogP contribution in [-0.2, 0) is 11.0 Å². The van der Waals surface area contributed by atoms with Gasteiger partial charge >= 0.3 is 11.7 Å². The lowest BCUT2D eigenvalue weighted by Crippen LogP contribution is -2.44. The number of amides is 1. The van der Waals surface area contributed by atoms with Crippen LogP contribution in [0.15, 0.2) is 47.4 Å². The van der Waals surface area contributed by atoms with Gasteiger partial charge in [0.15, 0.2) is 10.8 Å². The van der Waals surface area contributed by atoms with Gasteiger partial charge in [-0.3, -0.25) is 9.69 Å². The smallest absolute Gasteiger partial charge is 0.446 e. The number of halogens is 6. The molecule has 36 heavy (non-hydrogen) atoms. The number of alkyl halides is 6. The highest BCUT2D eigenvalue weighted by Gasteiger charge is 2.49. The number of rotatable bonds is 7. The van der Waals surface area contributed by atoms with E-state index in [1.54, 1.807) is 18.7 Å². The molecule has 2 aromatic rings. The van der Waals surface area contributed by atoms with Gasteiger partial charge in [0.05, 0.1) is 18.7 Å². The normalized spacial score (nSPS) is 15.9. The summed E-state index contributed by atoms with van der Waals surface area (Å²) >= 11 is 5.19. The number of carbonyl (C=O) groups excluding carboxylic acids is 1. The molecule has 1 fully saturated rings. The monoisotopic (exact) mass is 547 g/mol. The van der Waals surface area contributed by atoms with Crippen molar-refractivity contribution in [2.75, 3.05) is 18.1 Å². The summed E-state index contributed by atoms with van der Waals surface area (Å²) in [5.41, 5.74) is -7.36. The van der Waals surface area contributed by atoms with Crippen LogP contribution in [0.25, 0.3) is 4.85 Å². The molecule has 0 saturated carbocycles. The van der Waals surface area contributed by atoms with E-state index in [0.29, 0.717) is 12.2 Å². The van der Waals surface area contributed by atoms with E-state index in [1.165, 1.54) is 30.3 Å². The Labute approximate surface area is 212 Å². The highest BCUT2D eigenvalue weighted by molar-refractivity contribution is 8.00. The Balaban J connectivity index is 1.67. The predicted molar refractivity (Wildman–Crippen MR) is 127 cm³/mol. The molecular formula is C23H19F6N3O2S2. The van der Waals surface area contributed by atoms with Crippen LogP contribution < -0.4 is 9.64 Å². The Morgan fingerprint density at radius 2 is 1.72 bits per heavy atom. The maximum absolute atomic E-state index is 13.4. The third-order valence-corrected chi connectivity index (χ3v) is 6.48. The molecule has 1 saturated heterocycles. The number of benzene rings is 2. The summed E-state index contributed by atoms with van der Waals surface area (Å²) in [7, 11) is 0. The van der Waals surface area contributed by atoms with Crippen molar-refractivity contribution in [3.63, 3.8) is 0 Å². The fourth-order valence-electron chi connectivity index (χ4n) is 3.58. The Morgan fingerprint density at radius 1 is 1.08 bits per heavy atom. The summed E-state index contributed by atoms with van der Waals surface area (Å²) in [6, 6.07) is 8.39. The second-order valence-electron chi connectivity index (χ2n) is 8.17. The van der Waals surface area contributed by atoms with Crippen molar-refractivity contribution >= 4 is 46.4 Å². The first kappa shape index (κ1) is 27.6. The van der Waals surface area contributed by atoms with E-state index >= 15 is 0 Å². The average molecular weight is 548 g/mol. The maximum Gasteiger partial charge on any atom is 0.446 e. The average Bonchev–Trinajstić information content (AvgIpc) is 2.94. The Hall–Kier alpha value is -2.98. The quantitative estimate of drug-likeness (QED) is 0.122. The fourth-order valence-corrected chi connectivity index (χ4v) is 4.62. The van der Waals surface area contributed by atoms with Gasteiger partial charge < -0.3 is 9.64 Å². The van der Waals surface area contributed by atoms with Crippen LogP contribution in [-0.4, -0.2) is 40.1 Å². The molecule has 192 valence electrons. The second-order valence-corrected chi connectivity index (χ2v) is 9.67. The minimum absolute atomic E-state index is 0.0159. The van der Waals surface area contributed by atoms with Crippen LogP contribution in [0.2, 0.25) is 0 Å². The van der Waals surface area contributed by atoms with Crippen LogP contribution in [0, 0.1) is 6.57 Å².